The van der Waals surface area contributed by atoms with Gasteiger partial charge in [0.05, 0.1) is 12.2 Å². The monoisotopic (exact) mass is 191 g/mol. The first-order chi connectivity index (χ1) is 6.61. The summed E-state index contributed by atoms with van der Waals surface area (Å²) in [6.07, 6.45) is -1.17. The Kier molecular flexibility index (Phi) is 4.11. The standard InChI is InChI=1S/C12H15O2/c1-9(2)11(13)8-12(14)10-6-4-3-5-7-10/h3-7,11-14H,1-2,8H2/t11-,12+/m1/s1. The Morgan fingerprint density at radius 1 is 1.14 bits per heavy atom. The van der Waals surface area contributed by atoms with Crippen molar-refractivity contribution in [2.75, 3.05) is 0 Å². The van der Waals surface area contributed by atoms with Crippen LogP contribution in [0, 0.1) is 19.8 Å². The van der Waals surface area contributed by atoms with Crippen LogP contribution in [0.1, 0.15) is 18.1 Å². The normalized spacial score (nSPS) is 15.5. The van der Waals surface area contributed by atoms with Gasteiger partial charge in [-0.05, 0) is 19.4 Å². The fourth-order valence-electron chi connectivity index (χ4n) is 1.19. The Morgan fingerprint density at radius 2 is 1.71 bits per heavy atom. The van der Waals surface area contributed by atoms with Crippen LogP contribution in [0.15, 0.2) is 30.3 Å². The van der Waals surface area contributed by atoms with Crippen molar-refractivity contribution in [3.63, 3.8) is 0 Å². The van der Waals surface area contributed by atoms with Crippen LogP contribution in [-0.2, 0) is 0 Å². The first kappa shape index (κ1) is 11.2. The molecule has 0 spiro atoms. The third-order valence-electron chi connectivity index (χ3n) is 2.10. The minimum Gasteiger partial charge on any atom is -0.392 e. The van der Waals surface area contributed by atoms with E-state index in [9.17, 15) is 10.2 Å². The molecule has 75 valence electrons. The van der Waals surface area contributed by atoms with E-state index in [1.54, 1.807) is 0 Å². The summed E-state index contributed by atoms with van der Waals surface area (Å²) >= 11 is 0. The van der Waals surface area contributed by atoms with Crippen molar-refractivity contribution in [3.8, 4) is 0 Å². The molecule has 1 aromatic rings. The van der Waals surface area contributed by atoms with Crippen molar-refractivity contribution in [2.24, 2.45) is 0 Å². The van der Waals surface area contributed by atoms with Gasteiger partial charge in [0.2, 0.25) is 0 Å². The summed E-state index contributed by atoms with van der Waals surface area (Å²) in [5.74, 6) is 0.431. The molecule has 0 aliphatic rings. The highest BCUT2D eigenvalue weighted by Crippen LogP contribution is 2.21. The van der Waals surface area contributed by atoms with E-state index < -0.39 is 12.2 Å². The minimum absolute atomic E-state index is 0.242. The second-order valence-electron chi connectivity index (χ2n) is 3.34. The molecule has 0 unspecified atom stereocenters. The number of benzene rings is 1. The first-order valence-electron chi connectivity index (χ1n) is 4.53. The van der Waals surface area contributed by atoms with Gasteiger partial charge in [-0.25, -0.2) is 0 Å². The molecule has 0 amide bonds. The molecule has 1 rings (SSSR count). The first-order valence-corrected chi connectivity index (χ1v) is 4.53. The van der Waals surface area contributed by atoms with Crippen molar-refractivity contribution in [1.82, 2.24) is 0 Å². The highest BCUT2D eigenvalue weighted by molar-refractivity contribution is 5.18. The summed E-state index contributed by atoms with van der Waals surface area (Å²) in [5, 5.41) is 19.1. The second kappa shape index (κ2) is 5.13. The molecule has 2 heteroatoms. The topological polar surface area (TPSA) is 40.5 Å². The van der Waals surface area contributed by atoms with Gasteiger partial charge in [-0.3, -0.25) is 0 Å². The second-order valence-corrected chi connectivity index (χ2v) is 3.34. The van der Waals surface area contributed by atoms with E-state index in [0.29, 0.717) is 5.92 Å². The van der Waals surface area contributed by atoms with Crippen molar-refractivity contribution in [2.45, 2.75) is 18.6 Å². The molecular weight excluding hydrogens is 176 g/mol. The van der Waals surface area contributed by atoms with Gasteiger partial charge >= 0.3 is 0 Å². The number of rotatable bonds is 4. The Balaban J connectivity index is 2.55. The Morgan fingerprint density at radius 3 is 2.21 bits per heavy atom. The fraction of sp³-hybridized carbons (Fsp3) is 0.250. The molecule has 2 nitrogen and oxygen atoms in total. The zero-order chi connectivity index (χ0) is 10.6. The summed E-state index contributed by atoms with van der Waals surface area (Å²) in [6.45, 7) is 7.06. The maximum Gasteiger partial charge on any atom is 0.0814 e. The maximum atomic E-state index is 9.71. The number of aliphatic hydroxyl groups is 2. The Hall–Kier alpha value is -0.860. The van der Waals surface area contributed by atoms with E-state index in [4.69, 9.17) is 0 Å². The maximum absolute atomic E-state index is 9.71. The molecule has 0 aliphatic heterocycles. The molecule has 1 aromatic carbocycles. The van der Waals surface area contributed by atoms with Gasteiger partial charge in [-0.1, -0.05) is 30.3 Å². The largest absolute Gasteiger partial charge is 0.392 e. The third kappa shape index (κ3) is 3.13. The van der Waals surface area contributed by atoms with Gasteiger partial charge in [-0.2, -0.15) is 0 Å². The molecule has 0 bridgehead atoms. The van der Waals surface area contributed by atoms with E-state index in [2.05, 4.69) is 13.8 Å². The van der Waals surface area contributed by atoms with Gasteiger partial charge < -0.3 is 10.2 Å². The van der Waals surface area contributed by atoms with E-state index in [1.807, 2.05) is 30.3 Å². The Bertz CT molecular complexity index is 256. The van der Waals surface area contributed by atoms with E-state index in [-0.39, 0.29) is 6.42 Å². The van der Waals surface area contributed by atoms with Crippen LogP contribution in [0.3, 0.4) is 0 Å². The van der Waals surface area contributed by atoms with Crippen LogP contribution in [0.25, 0.3) is 0 Å². The summed E-state index contributed by atoms with van der Waals surface area (Å²) < 4.78 is 0. The lowest BCUT2D eigenvalue weighted by atomic mass is 9.97. The van der Waals surface area contributed by atoms with Crippen LogP contribution < -0.4 is 0 Å². The fourth-order valence-corrected chi connectivity index (χ4v) is 1.19. The predicted octanol–water partition coefficient (Wildman–Crippen LogP) is 1.71. The summed E-state index contributed by atoms with van der Waals surface area (Å²) in [7, 11) is 0. The van der Waals surface area contributed by atoms with Crippen LogP contribution in [0.2, 0.25) is 0 Å². The molecule has 0 aliphatic carbocycles. The molecule has 0 saturated heterocycles. The molecule has 0 saturated carbocycles. The zero-order valence-electron chi connectivity index (χ0n) is 8.06. The van der Waals surface area contributed by atoms with Gasteiger partial charge in [0.15, 0.2) is 0 Å². The molecule has 2 atom stereocenters. The molecule has 0 fully saturated rings. The van der Waals surface area contributed by atoms with Crippen LogP contribution in [0.4, 0.5) is 0 Å². The van der Waals surface area contributed by atoms with Crippen molar-refractivity contribution >= 4 is 0 Å². The van der Waals surface area contributed by atoms with Gasteiger partial charge in [-0.15, -0.1) is 0 Å². The lowest BCUT2D eigenvalue weighted by Crippen LogP contribution is -2.17. The summed E-state index contributed by atoms with van der Waals surface area (Å²) in [6, 6.07) is 9.23. The highest BCUT2D eigenvalue weighted by atomic mass is 16.3. The quantitative estimate of drug-likeness (QED) is 0.760. The highest BCUT2D eigenvalue weighted by Gasteiger charge is 2.16. The SMILES string of the molecule is [CH2][C]([CH2])[C@H](O)C[C@H](O)c1ccccc1. The van der Waals surface area contributed by atoms with E-state index in [1.165, 1.54) is 0 Å². The predicted molar refractivity (Wildman–Crippen MR) is 56.0 cm³/mol. The summed E-state index contributed by atoms with van der Waals surface area (Å²) in [4.78, 5) is 0. The molecule has 0 aromatic heterocycles. The molecule has 3 radical (unpaired) electrons. The number of hydrogen-bond acceptors (Lipinski definition) is 2. The van der Waals surface area contributed by atoms with E-state index in [0.717, 1.165) is 5.56 Å². The Labute approximate surface area is 85.2 Å². The third-order valence-corrected chi connectivity index (χ3v) is 2.10. The van der Waals surface area contributed by atoms with Crippen LogP contribution in [0.5, 0.6) is 0 Å². The molecule has 0 heterocycles. The minimum atomic E-state index is -0.745. The average molecular weight is 191 g/mol. The lowest BCUT2D eigenvalue weighted by Gasteiger charge is -2.18. The lowest BCUT2D eigenvalue weighted by molar-refractivity contribution is 0.0929. The van der Waals surface area contributed by atoms with Gasteiger partial charge in [0, 0.05) is 12.3 Å². The summed E-state index contributed by atoms with van der Waals surface area (Å²) in [5.41, 5.74) is 0.799. The van der Waals surface area contributed by atoms with Crippen LogP contribution in [-0.4, -0.2) is 16.3 Å². The zero-order valence-corrected chi connectivity index (χ0v) is 8.06. The molecule has 14 heavy (non-hydrogen) atoms. The van der Waals surface area contributed by atoms with Crippen molar-refractivity contribution in [3.05, 3.63) is 55.7 Å². The van der Waals surface area contributed by atoms with E-state index >= 15 is 0 Å². The van der Waals surface area contributed by atoms with Gasteiger partial charge in [0.1, 0.15) is 0 Å². The van der Waals surface area contributed by atoms with Crippen molar-refractivity contribution in [1.29, 1.82) is 0 Å². The smallest absolute Gasteiger partial charge is 0.0814 e. The molecular formula is C12H15O2. The number of aliphatic hydroxyl groups excluding tert-OH is 2. The molecule has 2 N–H and O–H groups in total. The van der Waals surface area contributed by atoms with Gasteiger partial charge in [0.25, 0.3) is 0 Å². The number of hydrogen-bond donors (Lipinski definition) is 2. The van der Waals surface area contributed by atoms with Crippen molar-refractivity contribution < 1.29 is 10.2 Å². The average Bonchev–Trinajstić information content (AvgIpc) is 2.19. The van der Waals surface area contributed by atoms with Crippen LogP contribution >= 0.6 is 0 Å².